The molecular weight excluding hydrogens is 486 g/mol. The number of nitrogens with one attached hydrogen (secondary N) is 2. The van der Waals surface area contributed by atoms with Crippen LogP contribution >= 0.6 is 34.7 Å². The lowest BCUT2D eigenvalue weighted by Crippen LogP contribution is -2.71. The normalized spacial score (nSPS) is 20.4. The third-order valence-electron chi connectivity index (χ3n) is 4.37. The molecule has 0 aliphatic carbocycles. The van der Waals surface area contributed by atoms with Crippen LogP contribution in [-0.4, -0.2) is 88.3 Å². The van der Waals surface area contributed by atoms with Gasteiger partial charge in [0.1, 0.15) is 35.8 Å². The van der Waals surface area contributed by atoms with E-state index < -0.39 is 35.1 Å². The minimum Gasteiger partial charge on any atom is -0.477 e. The summed E-state index contributed by atoms with van der Waals surface area (Å²) in [4.78, 5) is 58.6. The number of amides is 3. The minimum absolute atomic E-state index is 0.0826. The summed E-state index contributed by atoms with van der Waals surface area (Å²) in [6, 6.07) is -0.956. The van der Waals surface area contributed by atoms with E-state index in [9.17, 15) is 24.3 Å². The van der Waals surface area contributed by atoms with Crippen molar-refractivity contribution in [3.8, 4) is 0 Å². The molecule has 3 N–H and O–H groups in total. The zero-order valence-electron chi connectivity index (χ0n) is 16.8. The largest absolute Gasteiger partial charge is 0.477 e. The average molecular weight is 504 g/mol. The molecule has 1 saturated heterocycles. The Morgan fingerprint density at radius 1 is 1.41 bits per heavy atom. The fourth-order valence-corrected chi connectivity index (χ4v) is 5.17. The molecule has 1 aromatic rings. The lowest BCUT2D eigenvalue weighted by Gasteiger charge is -2.49. The monoisotopic (exact) mass is 503 g/mol. The zero-order chi connectivity index (χ0) is 23.4. The SMILES string of the molecule is COCC1=C(C(=O)O)N2C(=O)C(NC(=O)/C(=N/OC)c3csc(NC(=O)CCl)n3)[C@H]2SC1. The number of thioether (sulfide) groups is 1. The number of anilines is 1. The first-order valence-corrected chi connectivity index (χ1v) is 11.4. The van der Waals surface area contributed by atoms with Gasteiger partial charge in [0.05, 0.1) is 6.61 Å². The molecule has 2 aliphatic heterocycles. The summed E-state index contributed by atoms with van der Waals surface area (Å²) in [5.41, 5.74) is 0.259. The number of thiazole rings is 1. The Hall–Kier alpha value is -2.68. The summed E-state index contributed by atoms with van der Waals surface area (Å²) in [6.45, 7) is 0.0826. The molecular formula is C17H18ClN5O7S2. The number of carboxylic acid groups (broad SMARTS) is 1. The Morgan fingerprint density at radius 2 is 2.16 bits per heavy atom. The van der Waals surface area contributed by atoms with Crippen molar-refractivity contribution in [1.82, 2.24) is 15.2 Å². The van der Waals surface area contributed by atoms with Crippen LogP contribution in [0.1, 0.15) is 5.69 Å². The number of carbonyl (C=O) groups excluding carboxylic acids is 3. The van der Waals surface area contributed by atoms with Gasteiger partial charge < -0.3 is 25.3 Å². The maximum absolute atomic E-state index is 12.8. The molecule has 1 unspecified atom stereocenters. The van der Waals surface area contributed by atoms with Crippen LogP contribution in [0.3, 0.4) is 0 Å². The van der Waals surface area contributed by atoms with Crippen LogP contribution in [0.15, 0.2) is 21.8 Å². The van der Waals surface area contributed by atoms with Crippen LogP contribution in [0.2, 0.25) is 0 Å². The van der Waals surface area contributed by atoms with Gasteiger partial charge in [-0.05, 0) is 5.57 Å². The van der Waals surface area contributed by atoms with Gasteiger partial charge in [0.25, 0.3) is 11.8 Å². The Labute approximate surface area is 195 Å². The fraction of sp³-hybridized carbons (Fsp3) is 0.412. The summed E-state index contributed by atoms with van der Waals surface area (Å²) < 4.78 is 5.03. The van der Waals surface area contributed by atoms with Crippen molar-refractivity contribution in [3.05, 3.63) is 22.3 Å². The predicted molar refractivity (Wildman–Crippen MR) is 117 cm³/mol. The first-order valence-electron chi connectivity index (χ1n) is 8.95. The number of rotatable bonds is 9. The first kappa shape index (κ1) is 24.0. The van der Waals surface area contributed by atoms with Crippen LogP contribution < -0.4 is 10.6 Å². The third kappa shape index (κ3) is 4.72. The molecule has 32 heavy (non-hydrogen) atoms. The van der Waals surface area contributed by atoms with E-state index in [1.165, 1.54) is 31.4 Å². The van der Waals surface area contributed by atoms with Crippen LogP contribution in [0.5, 0.6) is 0 Å². The number of fused-ring (bicyclic) bond motifs is 1. The van der Waals surface area contributed by atoms with E-state index in [2.05, 4.69) is 20.8 Å². The number of hydrogen-bond acceptors (Lipinski definition) is 10. The van der Waals surface area contributed by atoms with Crippen molar-refractivity contribution in [2.75, 3.05) is 37.8 Å². The third-order valence-corrected chi connectivity index (χ3v) is 6.71. The molecule has 2 aliphatic rings. The van der Waals surface area contributed by atoms with Crippen molar-refractivity contribution in [2.24, 2.45) is 5.16 Å². The highest BCUT2D eigenvalue weighted by atomic mass is 35.5. The van der Waals surface area contributed by atoms with Crippen LogP contribution in [0.4, 0.5) is 5.13 Å². The van der Waals surface area contributed by atoms with Gasteiger partial charge >= 0.3 is 5.97 Å². The second kappa shape index (κ2) is 10.3. The molecule has 1 aromatic heterocycles. The Kier molecular flexibility index (Phi) is 7.71. The van der Waals surface area contributed by atoms with Crippen molar-refractivity contribution in [2.45, 2.75) is 11.4 Å². The van der Waals surface area contributed by atoms with E-state index in [1.54, 1.807) is 0 Å². The number of alkyl halides is 1. The molecule has 15 heteroatoms. The first-order chi connectivity index (χ1) is 15.3. The van der Waals surface area contributed by atoms with Crippen molar-refractivity contribution >= 4 is 69.2 Å². The van der Waals surface area contributed by atoms with Crippen LogP contribution in [0.25, 0.3) is 0 Å². The summed E-state index contributed by atoms with van der Waals surface area (Å²) in [7, 11) is 2.68. The van der Waals surface area contributed by atoms with Crippen molar-refractivity contribution in [1.29, 1.82) is 0 Å². The highest BCUT2D eigenvalue weighted by molar-refractivity contribution is 8.00. The molecule has 0 bridgehead atoms. The lowest BCUT2D eigenvalue weighted by atomic mass is 10.0. The maximum atomic E-state index is 12.8. The molecule has 1 fully saturated rings. The van der Waals surface area contributed by atoms with Gasteiger partial charge in [-0.25, -0.2) is 9.78 Å². The summed E-state index contributed by atoms with van der Waals surface area (Å²) in [5.74, 6) is -2.93. The number of carboxylic acids is 1. The fourth-order valence-electron chi connectivity index (χ4n) is 3.07. The number of aromatic nitrogens is 1. The summed E-state index contributed by atoms with van der Waals surface area (Å²) in [5, 5.41) is 19.4. The molecule has 3 rings (SSSR count). The molecule has 172 valence electrons. The molecule has 0 aromatic carbocycles. The number of oxime groups is 1. The highest BCUT2D eigenvalue weighted by Crippen LogP contribution is 2.40. The van der Waals surface area contributed by atoms with E-state index in [4.69, 9.17) is 21.2 Å². The van der Waals surface area contributed by atoms with E-state index in [0.717, 1.165) is 16.2 Å². The van der Waals surface area contributed by atoms with E-state index >= 15 is 0 Å². The molecule has 0 radical (unpaired) electrons. The number of ether oxygens (including phenoxy) is 1. The molecule has 12 nitrogen and oxygen atoms in total. The number of hydrogen-bond donors (Lipinski definition) is 3. The van der Waals surface area contributed by atoms with Gasteiger partial charge in [0.2, 0.25) is 5.91 Å². The van der Waals surface area contributed by atoms with E-state index in [1.807, 2.05) is 0 Å². The summed E-state index contributed by atoms with van der Waals surface area (Å²) >= 11 is 7.81. The predicted octanol–water partition coefficient (Wildman–Crippen LogP) is 0.0559. The smallest absolute Gasteiger partial charge is 0.352 e. The number of β-lactam (4-membered cyclic amide) rings is 1. The molecule has 3 heterocycles. The van der Waals surface area contributed by atoms with Gasteiger partial charge in [0, 0.05) is 18.2 Å². The van der Waals surface area contributed by atoms with Crippen LogP contribution in [-0.2, 0) is 28.8 Å². The quantitative estimate of drug-likeness (QED) is 0.183. The Balaban J connectivity index is 1.75. The number of nitrogens with zero attached hydrogens (tertiary/aromatic N) is 3. The Bertz CT molecular complexity index is 1010. The van der Waals surface area contributed by atoms with Gasteiger partial charge in [0.15, 0.2) is 10.8 Å². The van der Waals surface area contributed by atoms with Gasteiger partial charge in [-0.15, -0.1) is 34.7 Å². The van der Waals surface area contributed by atoms with E-state index in [0.29, 0.717) is 11.3 Å². The molecule has 0 saturated carbocycles. The molecule has 0 spiro atoms. The summed E-state index contributed by atoms with van der Waals surface area (Å²) in [6.07, 6.45) is 0. The van der Waals surface area contributed by atoms with Crippen molar-refractivity contribution in [3.63, 3.8) is 0 Å². The van der Waals surface area contributed by atoms with Gasteiger partial charge in [-0.3, -0.25) is 19.3 Å². The second-order valence-electron chi connectivity index (χ2n) is 6.39. The zero-order valence-corrected chi connectivity index (χ0v) is 19.2. The number of halogens is 1. The minimum atomic E-state index is -1.24. The van der Waals surface area contributed by atoms with Gasteiger partial charge in [-0.2, -0.15) is 0 Å². The lowest BCUT2D eigenvalue weighted by molar-refractivity contribution is -0.150. The number of methoxy groups -OCH3 is 1. The molecule has 3 amide bonds. The second-order valence-corrected chi connectivity index (χ2v) is 8.62. The average Bonchev–Trinajstić information content (AvgIpc) is 3.22. The van der Waals surface area contributed by atoms with Gasteiger partial charge in [-0.1, -0.05) is 5.16 Å². The maximum Gasteiger partial charge on any atom is 0.352 e. The Morgan fingerprint density at radius 3 is 2.78 bits per heavy atom. The standard InChI is InChI=1S/C17H18ClN5O7S2/c1-29-4-7-5-31-15-11(14(26)23(15)12(7)16(27)28)21-13(25)10(22-30-2)8-6-32-17(19-8)20-9(24)3-18/h6,11,15H,3-5H2,1-2H3,(H,21,25)(H,27,28)(H,19,20,24)/b22-10+/t11?,15-/m1/s1. The van der Waals surface area contributed by atoms with E-state index in [-0.39, 0.29) is 34.7 Å². The van der Waals surface area contributed by atoms with Crippen molar-refractivity contribution < 1.29 is 33.9 Å². The molecule has 2 atom stereocenters. The van der Waals surface area contributed by atoms with Crippen LogP contribution in [0, 0.1) is 0 Å². The number of aliphatic carboxylic acids is 1. The topological polar surface area (TPSA) is 160 Å². The number of carbonyl (C=O) groups is 4. The highest BCUT2D eigenvalue weighted by Gasteiger charge is 2.54.